The van der Waals surface area contributed by atoms with Crippen molar-refractivity contribution in [3.63, 3.8) is 0 Å². The Kier molecular flexibility index (Phi) is 4.67. The number of halogens is 4. The van der Waals surface area contributed by atoms with Crippen molar-refractivity contribution in [1.82, 2.24) is 10.3 Å². The van der Waals surface area contributed by atoms with E-state index < -0.39 is 18.9 Å². The fourth-order valence-electron chi connectivity index (χ4n) is 1.03. The topological polar surface area (TPSA) is 24.9 Å². The van der Waals surface area contributed by atoms with E-state index in [2.05, 4.69) is 10.3 Å². The van der Waals surface area contributed by atoms with Crippen LogP contribution in [0.1, 0.15) is 17.6 Å². The zero-order chi connectivity index (χ0) is 12.2. The average molecular weight is 256 g/mol. The van der Waals surface area contributed by atoms with E-state index in [9.17, 15) is 17.6 Å². The lowest BCUT2D eigenvalue weighted by Gasteiger charge is -2.15. The van der Waals surface area contributed by atoms with Crippen molar-refractivity contribution in [3.8, 4) is 0 Å². The van der Waals surface area contributed by atoms with Gasteiger partial charge in [-0.3, -0.25) is 0 Å². The Morgan fingerprint density at radius 2 is 2.19 bits per heavy atom. The van der Waals surface area contributed by atoms with E-state index in [4.69, 9.17) is 0 Å². The fraction of sp³-hybridized carbons (Fsp3) is 0.667. The quantitative estimate of drug-likeness (QED) is 0.791. The summed E-state index contributed by atoms with van der Waals surface area (Å²) in [6.45, 7) is 0.976. The molecule has 0 aliphatic carbocycles. The number of alkyl halides is 4. The third-order valence-electron chi connectivity index (χ3n) is 1.89. The summed E-state index contributed by atoms with van der Waals surface area (Å²) in [4.78, 5) is 4.12. The van der Waals surface area contributed by atoms with Crippen molar-refractivity contribution in [1.29, 1.82) is 0 Å². The van der Waals surface area contributed by atoms with Crippen LogP contribution in [-0.4, -0.2) is 23.9 Å². The number of aryl methyl sites for hydroxylation is 1. The summed E-state index contributed by atoms with van der Waals surface area (Å²) in [5.41, 5.74) is 0.604. The van der Waals surface area contributed by atoms with Gasteiger partial charge in [0.1, 0.15) is 0 Å². The number of nitrogens with zero attached hydrogens (tertiary/aromatic N) is 1. The van der Waals surface area contributed by atoms with Crippen LogP contribution < -0.4 is 5.32 Å². The lowest BCUT2D eigenvalue weighted by Crippen LogP contribution is -2.38. The lowest BCUT2D eigenvalue weighted by molar-refractivity contribution is -0.125. The molecule has 1 aromatic heterocycles. The molecule has 0 saturated heterocycles. The number of rotatable bonds is 6. The molecule has 0 saturated carbocycles. The molecule has 0 bridgehead atoms. The first-order valence-corrected chi connectivity index (χ1v) is 5.63. The molecule has 0 amide bonds. The van der Waals surface area contributed by atoms with Crippen molar-refractivity contribution in [2.45, 2.75) is 32.2 Å². The molecule has 1 heterocycles. The zero-order valence-electron chi connectivity index (χ0n) is 8.64. The monoisotopic (exact) mass is 256 g/mol. The number of thiazole rings is 1. The van der Waals surface area contributed by atoms with Gasteiger partial charge >= 0.3 is 12.3 Å². The highest BCUT2D eigenvalue weighted by atomic mass is 32.1. The normalized spacial score (nSPS) is 12.4. The summed E-state index contributed by atoms with van der Waals surface area (Å²) in [6.07, 6.45) is -2.86. The lowest BCUT2D eigenvalue weighted by atomic mass is 10.3. The van der Waals surface area contributed by atoms with Gasteiger partial charge in [0.15, 0.2) is 0 Å². The Balaban J connectivity index is 2.35. The highest BCUT2D eigenvalue weighted by Crippen LogP contribution is 2.21. The third kappa shape index (κ3) is 3.71. The molecular formula is C9H12F4N2S. The first-order chi connectivity index (χ1) is 7.45. The van der Waals surface area contributed by atoms with Gasteiger partial charge in [0.25, 0.3) is 0 Å². The molecule has 0 spiro atoms. The Labute approximate surface area is 94.7 Å². The molecule has 0 aliphatic heterocycles. The van der Waals surface area contributed by atoms with Crippen LogP contribution >= 0.6 is 11.3 Å². The van der Waals surface area contributed by atoms with Gasteiger partial charge in [0, 0.05) is 11.9 Å². The van der Waals surface area contributed by atoms with Crippen LogP contribution in [0.3, 0.4) is 0 Å². The Bertz CT molecular complexity index is 327. The second kappa shape index (κ2) is 5.58. The summed E-state index contributed by atoms with van der Waals surface area (Å²) >= 11 is 1.43. The summed E-state index contributed by atoms with van der Waals surface area (Å²) in [6, 6.07) is 0. The summed E-state index contributed by atoms with van der Waals surface area (Å²) in [7, 11) is 0. The Morgan fingerprint density at radius 1 is 1.50 bits per heavy atom. The van der Waals surface area contributed by atoms with Gasteiger partial charge in [-0.25, -0.2) is 13.8 Å². The minimum atomic E-state index is -3.98. The molecule has 0 unspecified atom stereocenters. The Morgan fingerprint density at radius 3 is 2.69 bits per heavy atom. The SMILES string of the molecule is CCc1nc(CNCC(F)(F)C(F)F)cs1. The molecule has 0 fully saturated rings. The van der Waals surface area contributed by atoms with E-state index >= 15 is 0 Å². The van der Waals surface area contributed by atoms with E-state index in [1.54, 1.807) is 5.38 Å². The molecule has 1 N–H and O–H groups in total. The number of hydrogen-bond donors (Lipinski definition) is 1. The number of nitrogens with one attached hydrogen (secondary N) is 1. The molecule has 0 atom stereocenters. The van der Waals surface area contributed by atoms with Crippen LogP contribution in [0.4, 0.5) is 17.6 Å². The smallest absolute Gasteiger partial charge is 0.305 e. The molecule has 2 nitrogen and oxygen atoms in total. The first-order valence-electron chi connectivity index (χ1n) is 4.75. The van der Waals surface area contributed by atoms with Crippen molar-refractivity contribution in [2.75, 3.05) is 6.54 Å². The molecular weight excluding hydrogens is 244 g/mol. The van der Waals surface area contributed by atoms with Gasteiger partial charge in [-0.2, -0.15) is 8.78 Å². The largest absolute Gasteiger partial charge is 0.319 e. The average Bonchev–Trinajstić information content (AvgIpc) is 2.65. The van der Waals surface area contributed by atoms with Crippen molar-refractivity contribution in [2.24, 2.45) is 0 Å². The fourth-order valence-corrected chi connectivity index (χ4v) is 1.77. The third-order valence-corrected chi connectivity index (χ3v) is 2.93. The molecule has 7 heteroatoms. The maximum atomic E-state index is 12.5. The molecule has 0 radical (unpaired) electrons. The zero-order valence-corrected chi connectivity index (χ0v) is 9.46. The second-order valence-electron chi connectivity index (χ2n) is 3.25. The highest BCUT2D eigenvalue weighted by molar-refractivity contribution is 7.09. The predicted molar refractivity (Wildman–Crippen MR) is 54.1 cm³/mol. The summed E-state index contributed by atoms with van der Waals surface area (Å²) in [5.74, 6) is -3.98. The minimum absolute atomic E-state index is 0.0822. The van der Waals surface area contributed by atoms with E-state index in [0.29, 0.717) is 5.69 Å². The molecule has 1 aromatic rings. The molecule has 92 valence electrons. The number of aromatic nitrogens is 1. The standard InChI is InChI=1S/C9H12F4N2S/c1-2-7-15-6(4-16-7)3-14-5-9(12,13)8(10)11/h4,8,14H,2-3,5H2,1H3. The van der Waals surface area contributed by atoms with Crippen LogP contribution in [-0.2, 0) is 13.0 Å². The predicted octanol–water partition coefficient (Wildman–Crippen LogP) is 2.70. The minimum Gasteiger partial charge on any atom is -0.305 e. The van der Waals surface area contributed by atoms with Crippen LogP contribution in [0.2, 0.25) is 0 Å². The van der Waals surface area contributed by atoms with Crippen LogP contribution in [0.25, 0.3) is 0 Å². The van der Waals surface area contributed by atoms with Crippen LogP contribution in [0.5, 0.6) is 0 Å². The second-order valence-corrected chi connectivity index (χ2v) is 4.19. The maximum absolute atomic E-state index is 12.5. The van der Waals surface area contributed by atoms with Crippen LogP contribution in [0, 0.1) is 0 Å². The van der Waals surface area contributed by atoms with Gasteiger partial charge in [-0.15, -0.1) is 11.3 Å². The van der Waals surface area contributed by atoms with Crippen LogP contribution in [0.15, 0.2) is 5.38 Å². The summed E-state index contributed by atoms with van der Waals surface area (Å²) in [5, 5.41) is 4.90. The molecule has 1 rings (SSSR count). The van der Waals surface area contributed by atoms with Crippen molar-refractivity contribution in [3.05, 3.63) is 16.1 Å². The number of hydrogen-bond acceptors (Lipinski definition) is 3. The molecule has 0 aliphatic rings. The molecule has 0 aromatic carbocycles. The van der Waals surface area contributed by atoms with Crippen molar-refractivity contribution < 1.29 is 17.6 Å². The molecule has 16 heavy (non-hydrogen) atoms. The van der Waals surface area contributed by atoms with Gasteiger partial charge < -0.3 is 5.32 Å². The van der Waals surface area contributed by atoms with Gasteiger partial charge in [-0.05, 0) is 6.42 Å². The highest BCUT2D eigenvalue weighted by Gasteiger charge is 2.39. The van der Waals surface area contributed by atoms with Gasteiger partial charge in [-0.1, -0.05) is 6.92 Å². The van der Waals surface area contributed by atoms with E-state index in [1.165, 1.54) is 11.3 Å². The van der Waals surface area contributed by atoms with E-state index in [1.807, 2.05) is 6.92 Å². The van der Waals surface area contributed by atoms with Crippen molar-refractivity contribution >= 4 is 11.3 Å². The van der Waals surface area contributed by atoms with E-state index in [-0.39, 0.29) is 6.54 Å². The van der Waals surface area contributed by atoms with E-state index in [0.717, 1.165) is 11.4 Å². The van der Waals surface area contributed by atoms with Gasteiger partial charge in [0.2, 0.25) is 0 Å². The maximum Gasteiger partial charge on any atom is 0.319 e. The first kappa shape index (κ1) is 13.4. The summed E-state index contributed by atoms with van der Waals surface area (Å²) < 4.78 is 48.6. The Hall–Kier alpha value is -0.690. The van der Waals surface area contributed by atoms with Gasteiger partial charge in [0.05, 0.1) is 17.2 Å².